The third-order valence-electron chi connectivity index (χ3n) is 3.53. The van der Waals surface area contributed by atoms with Crippen LogP contribution in [0.15, 0.2) is 73.4 Å². The lowest BCUT2D eigenvalue weighted by molar-refractivity contribution is 1.21. The average Bonchev–Trinajstić information content (AvgIpc) is 3.17. The third kappa shape index (κ3) is 2.48. The summed E-state index contributed by atoms with van der Waals surface area (Å²) < 4.78 is 0. The number of aromatic amines is 1. The molecule has 0 aliphatic heterocycles. The van der Waals surface area contributed by atoms with E-state index >= 15 is 0 Å². The van der Waals surface area contributed by atoms with E-state index < -0.39 is 0 Å². The van der Waals surface area contributed by atoms with Crippen LogP contribution in [0.3, 0.4) is 0 Å². The first-order valence-corrected chi connectivity index (χ1v) is 7.25. The Morgan fingerprint density at radius 1 is 0.609 bits per heavy atom. The molecule has 4 rings (SSSR count). The van der Waals surface area contributed by atoms with Gasteiger partial charge < -0.3 is 4.98 Å². The van der Waals surface area contributed by atoms with Crippen molar-refractivity contribution >= 4 is 0 Å². The number of hydrogen-bond acceptors (Lipinski definition) is 4. The molecule has 1 N–H and O–H groups in total. The molecule has 0 aliphatic carbocycles. The Balaban J connectivity index is 1.94. The topological polar surface area (TPSA) is 67.3 Å². The molecule has 0 bridgehead atoms. The predicted molar refractivity (Wildman–Crippen MR) is 88.3 cm³/mol. The van der Waals surface area contributed by atoms with Gasteiger partial charge in [-0.15, -0.1) is 0 Å². The number of pyridine rings is 3. The molecule has 0 saturated heterocycles. The molecular weight excluding hydrogens is 286 g/mol. The standard InChI is InChI=1S/C18H13N5/c1-2-8-19-15(7-1)13-5-3-9-20-16(13)17-14(6-4-10-21-17)18-22-11-12-23-18/h1-12H,(H,22,23). The largest absolute Gasteiger partial charge is 0.345 e. The normalized spacial score (nSPS) is 10.6. The predicted octanol–water partition coefficient (Wildman–Crippen LogP) is 3.60. The van der Waals surface area contributed by atoms with Crippen molar-refractivity contribution in [2.24, 2.45) is 0 Å². The molecule has 4 aromatic heterocycles. The highest BCUT2D eigenvalue weighted by atomic mass is 14.9. The van der Waals surface area contributed by atoms with E-state index in [1.165, 1.54) is 0 Å². The monoisotopic (exact) mass is 299 g/mol. The smallest absolute Gasteiger partial charge is 0.139 e. The van der Waals surface area contributed by atoms with Gasteiger partial charge in [0.25, 0.3) is 0 Å². The number of imidazole rings is 1. The number of nitrogens with zero attached hydrogens (tertiary/aromatic N) is 4. The van der Waals surface area contributed by atoms with Gasteiger partial charge >= 0.3 is 0 Å². The van der Waals surface area contributed by atoms with E-state index in [0.29, 0.717) is 0 Å². The molecule has 0 aromatic carbocycles. The van der Waals surface area contributed by atoms with Crippen molar-refractivity contribution in [3.8, 4) is 34.0 Å². The number of rotatable bonds is 3. The fraction of sp³-hybridized carbons (Fsp3) is 0. The molecule has 4 heterocycles. The van der Waals surface area contributed by atoms with Crippen molar-refractivity contribution in [1.82, 2.24) is 24.9 Å². The minimum Gasteiger partial charge on any atom is -0.345 e. The molecule has 0 aliphatic rings. The van der Waals surface area contributed by atoms with Crippen LogP contribution in [0.1, 0.15) is 0 Å². The molecule has 5 heteroatoms. The van der Waals surface area contributed by atoms with Gasteiger partial charge in [-0.2, -0.15) is 0 Å². The Kier molecular flexibility index (Phi) is 3.37. The summed E-state index contributed by atoms with van der Waals surface area (Å²) in [4.78, 5) is 21.0. The minimum atomic E-state index is 0.769. The molecule has 0 unspecified atom stereocenters. The Hall–Kier alpha value is -3.34. The second-order valence-corrected chi connectivity index (χ2v) is 4.95. The Morgan fingerprint density at radius 2 is 1.35 bits per heavy atom. The highest BCUT2D eigenvalue weighted by molar-refractivity contribution is 5.84. The lowest BCUT2D eigenvalue weighted by atomic mass is 10.0. The molecule has 23 heavy (non-hydrogen) atoms. The number of hydrogen-bond donors (Lipinski definition) is 1. The van der Waals surface area contributed by atoms with E-state index in [1.807, 2.05) is 42.5 Å². The summed E-state index contributed by atoms with van der Waals surface area (Å²) in [6.07, 6.45) is 8.83. The Morgan fingerprint density at radius 3 is 2.04 bits per heavy atom. The van der Waals surface area contributed by atoms with Crippen LogP contribution < -0.4 is 0 Å². The fourth-order valence-corrected chi connectivity index (χ4v) is 2.52. The van der Waals surface area contributed by atoms with E-state index in [-0.39, 0.29) is 0 Å². The zero-order valence-electron chi connectivity index (χ0n) is 12.2. The van der Waals surface area contributed by atoms with Crippen LogP contribution >= 0.6 is 0 Å². The first-order valence-electron chi connectivity index (χ1n) is 7.25. The van der Waals surface area contributed by atoms with Crippen LogP contribution in [-0.4, -0.2) is 24.9 Å². The van der Waals surface area contributed by atoms with Crippen molar-refractivity contribution in [2.45, 2.75) is 0 Å². The maximum absolute atomic E-state index is 4.55. The van der Waals surface area contributed by atoms with Crippen molar-refractivity contribution in [3.05, 3.63) is 73.4 Å². The van der Waals surface area contributed by atoms with Crippen LogP contribution in [-0.2, 0) is 0 Å². The maximum Gasteiger partial charge on any atom is 0.139 e. The van der Waals surface area contributed by atoms with Gasteiger partial charge in [-0.25, -0.2) is 4.98 Å². The SMILES string of the molecule is c1ccc(-c2cccnc2-c2ncccc2-c2ncc[nH]2)nc1. The van der Waals surface area contributed by atoms with Gasteiger partial charge in [-0.1, -0.05) is 6.07 Å². The van der Waals surface area contributed by atoms with Gasteiger partial charge in [-0.3, -0.25) is 15.0 Å². The summed E-state index contributed by atoms with van der Waals surface area (Å²) in [5.41, 5.74) is 4.29. The highest BCUT2D eigenvalue weighted by Crippen LogP contribution is 2.32. The molecular formula is C18H13N5. The molecule has 4 aromatic rings. The lowest BCUT2D eigenvalue weighted by Crippen LogP contribution is -1.96. The Labute approximate surface area is 133 Å². The third-order valence-corrected chi connectivity index (χ3v) is 3.53. The Bertz CT molecular complexity index is 917. The first-order chi connectivity index (χ1) is 11.4. The lowest BCUT2D eigenvalue weighted by Gasteiger charge is -2.10. The van der Waals surface area contributed by atoms with Crippen LogP contribution in [0.5, 0.6) is 0 Å². The molecule has 0 saturated carbocycles. The summed E-state index contributed by atoms with van der Waals surface area (Å²) in [7, 11) is 0. The second-order valence-electron chi connectivity index (χ2n) is 4.95. The second kappa shape index (κ2) is 5.81. The van der Waals surface area contributed by atoms with Gasteiger partial charge in [0.2, 0.25) is 0 Å². The molecule has 5 nitrogen and oxygen atoms in total. The number of nitrogens with one attached hydrogen (secondary N) is 1. The summed E-state index contributed by atoms with van der Waals surface area (Å²) in [6, 6.07) is 13.6. The zero-order valence-corrected chi connectivity index (χ0v) is 12.2. The van der Waals surface area contributed by atoms with Gasteiger partial charge in [-0.05, 0) is 36.4 Å². The van der Waals surface area contributed by atoms with Gasteiger partial charge in [0.05, 0.1) is 11.4 Å². The van der Waals surface area contributed by atoms with Crippen molar-refractivity contribution in [2.75, 3.05) is 0 Å². The first kappa shape index (κ1) is 13.3. The van der Waals surface area contributed by atoms with Crippen LogP contribution in [0.25, 0.3) is 34.0 Å². The summed E-state index contributed by atoms with van der Waals surface area (Å²) >= 11 is 0. The summed E-state index contributed by atoms with van der Waals surface area (Å²) in [6.45, 7) is 0. The van der Waals surface area contributed by atoms with Crippen molar-refractivity contribution in [3.63, 3.8) is 0 Å². The van der Waals surface area contributed by atoms with E-state index in [4.69, 9.17) is 0 Å². The van der Waals surface area contributed by atoms with Crippen LogP contribution in [0.2, 0.25) is 0 Å². The minimum absolute atomic E-state index is 0.769. The van der Waals surface area contributed by atoms with E-state index in [0.717, 1.165) is 34.0 Å². The van der Waals surface area contributed by atoms with Gasteiger partial charge in [0.1, 0.15) is 11.5 Å². The molecule has 0 amide bonds. The van der Waals surface area contributed by atoms with Gasteiger partial charge in [0.15, 0.2) is 0 Å². The quantitative estimate of drug-likeness (QED) is 0.627. The summed E-state index contributed by atoms with van der Waals surface area (Å²) in [5.74, 6) is 0.769. The van der Waals surface area contributed by atoms with Crippen LogP contribution in [0.4, 0.5) is 0 Å². The van der Waals surface area contributed by atoms with Crippen molar-refractivity contribution in [1.29, 1.82) is 0 Å². The van der Waals surface area contributed by atoms with Crippen molar-refractivity contribution < 1.29 is 0 Å². The average molecular weight is 299 g/mol. The fourth-order valence-electron chi connectivity index (χ4n) is 2.52. The van der Waals surface area contributed by atoms with E-state index in [2.05, 4.69) is 24.9 Å². The molecule has 0 radical (unpaired) electrons. The number of H-pyrrole nitrogens is 1. The zero-order chi connectivity index (χ0) is 15.5. The maximum atomic E-state index is 4.55. The van der Waals surface area contributed by atoms with E-state index in [9.17, 15) is 0 Å². The highest BCUT2D eigenvalue weighted by Gasteiger charge is 2.16. The molecule has 110 valence electrons. The number of aromatic nitrogens is 5. The van der Waals surface area contributed by atoms with Crippen LogP contribution in [0, 0.1) is 0 Å². The molecule has 0 spiro atoms. The van der Waals surface area contributed by atoms with E-state index in [1.54, 1.807) is 31.0 Å². The summed E-state index contributed by atoms with van der Waals surface area (Å²) in [5, 5.41) is 0. The molecule has 0 fully saturated rings. The van der Waals surface area contributed by atoms with Gasteiger partial charge in [0, 0.05) is 42.1 Å². The molecule has 0 atom stereocenters.